The lowest BCUT2D eigenvalue weighted by Gasteiger charge is -2.45. The standard InChI is InChI=1S/C31H52O10S/c1-27(2,3)22(32)37-16-17-18(38-23(33)28(4,5)6)19(39-24(34)29(7,8)9)20(40-25(35)30(10,11)12)21(42-17)41-26(36)31(13,14)15/h17-21H,16H2,1-15H3. The van der Waals surface area contributed by atoms with E-state index in [1.165, 1.54) is 0 Å². The predicted octanol–water partition coefficient (Wildman–Crippen LogP) is 5.48. The van der Waals surface area contributed by atoms with E-state index in [4.69, 9.17) is 23.7 Å². The average Bonchev–Trinajstić information content (AvgIpc) is 2.77. The van der Waals surface area contributed by atoms with Crippen LogP contribution in [-0.2, 0) is 47.7 Å². The maximum Gasteiger partial charge on any atom is 0.312 e. The van der Waals surface area contributed by atoms with Gasteiger partial charge in [0.2, 0.25) is 0 Å². The fourth-order valence-electron chi connectivity index (χ4n) is 3.07. The third kappa shape index (κ3) is 10.8. The summed E-state index contributed by atoms with van der Waals surface area (Å²) >= 11 is 1.02. The van der Waals surface area contributed by atoms with Crippen molar-refractivity contribution in [1.29, 1.82) is 0 Å². The second-order valence-corrected chi connectivity index (χ2v) is 17.2. The SMILES string of the molecule is CC(C)(C)C(=O)OCC1SC(OC(=O)C(C)(C)C)C(OC(=O)C(C)(C)C)C(OC(=O)C(C)(C)C)C1OC(=O)C(C)(C)C. The lowest BCUT2D eigenvalue weighted by Crippen LogP contribution is -2.61. The van der Waals surface area contributed by atoms with Gasteiger partial charge in [0.25, 0.3) is 0 Å². The van der Waals surface area contributed by atoms with Gasteiger partial charge in [-0.25, -0.2) is 0 Å². The van der Waals surface area contributed by atoms with Crippen molar-refractivity contribution >= 4 is 41.6 Å². The third-order valence-corrected chi connectivity index (χ3v) is 7.37. The van der Waals surface area contributed by atoms with Gasteiger partial charge in [0.05, 0.1) is 32.3 Å². The molecule has 0 aliphatic carbocycles. The van der Waals surface area contributed by atoms with E-state index < -0.39 is 85.9 Å². The Balaban J connectivity index is 3.82. The van der Waals surface area contributed by atoms with Gasteiger partial charge < -0.3 is 23.7 Å². The third-order valence-electron chi connectivity index (χ3n) is 5.98. The van der Waals surface area contributed by atoms with Crippen LogP contribution in [0.15, 0.2) is 0 Å². The van der Waals surface area contributed by atoms with Crippen LogP contribution in [0.3, 0.4) is 0 Å². The fourth-order valence-corrected chi connectivity index (χ4v) is 4.43. The topological polar surface area (TPSA) is 132 Å². The molecule has 1 aliphatic rings. The summed E-state index contributed by atoms with van der Waals surface area (Å²) in [6.45, 7) is 24.8. The first-order chi connectivity index (χ1) is 18.6. The summed E-state index contributed by atoms with van der Waals surface area (Å²) in [5.74, 6) is -2.99. The molecule has 42 heavy (non-hydrogen) atoms. The Morgan fingerprint density at radius 2 is 0.762 bits per heavy atom. The summed E-state index contributed by atoms with van der Waals surface area (Å²) in [7, 11) is 0. The van der Waals surface area contributed by atoms with Gasteiger partial charge in [0, 0.05) is 0 Å². The second-order valence-electron chi connectivity index (χ2n) is 15.9. The zero-order valence-corrected chi connectivity index (χ0v) is 28.9. The molecule has 1 fully saturated rings. The Morgan fingerprint density at radius 1 is 0.452 bits per heavy atom. The molecule has 0 bridgehead atoms. The first-order valence-electron chi connectivity index (χ1n) is 14.2. The highest BCUT2D eigenvalue weighted by molar-refractivity contribution is 8.00. The van der Waals surface area contributed by atoms with E-state index in [1.54, 1.807) is 104 Å². The van der Waals surface area contributed by atoms with Crippen LogP contribution in [0.2, 0.25) is 0 Å². The molecular weight excluding hydrogens is 564 g/mol. The fraction of sp³-hybridized carbons (Fsp3) is 0.839. The van der Waals surface area contributed by atoms with E-state index in [-0.39, 0.29) is 6.61 Å². The summed E-state index contributed by atoms with van der Waals surface area (Å²) in [4.78, 5) is 65.5. The summed E-state index contributed by atoms with van der Waals surface area (Å²) < 4.78 is 29.4. The molecule has 0 spiro atoms. The molecular formula is C31H52O10S. The number of rotatable bonds is 6. The van der Waals surface area contributed by atoms with Crippen molar-refractivity contribution in [1.82, 2.24) is 0 Å². The maximum atomic E-state index is 13.3. The Hall–Kier alpha value is -2.30. The molecule has 0 N–H and O–H groups in total. The van der Waals surface area contributed by atoms with Crippen LogP contribution < -0.4 is 0 Å². The van der Waals surface area contributed by atoms with Gasteiger partial charge in [-0.2, -0.15) is 0 Å². The van der Waals surface area contributed by atoms with Crippen molar-refractivity contribution < 1.29 is 47.7 Å². The number of hydrogen-bond donors (Lipinski definition) is 0. The van der Waals surface area contributed by atoms with E-state index in [1.807, 2.05) is 0 Å². The monoisotopic (exact) mass is 616 g/mol. The Morgan fingerprint density at radius 3 is 1.12 bits per heavy atom. The molecule has 0 saturated carbocycles. The van der Waals surface area contributed by atoms with Crippen LogP contribution in [-0.4, -0.2) is 65.5 Å². The van der Waals surface area contributed by atoms with Crippen LogP contribution in [0.1, 0.15) is 104 Å². The quantitative estimate of drug-likeness (QED) is 0.278. The highest BCUT2D eigenvalue weighted by Crippen LogP contribution is 2.42. The number of carbonyl (C=O) groups is 5. The minimum absolute atomic E-state index is 0.254. The summed E-state index contributed by atoms with van der Waals surface area (Å²) in [6, 6.07) is 0. The van der Waals surface area contributed by atoms with E-state index >= 15 is 0 Å². The van der Waals surface area contributed by atoms with Gasteiger partial charge in [-0.05, 0) is 104 Å². The predicted molar refractivity (Wildman–Crippen MR) is 159 cm³/mol. The van der Waals surface area contributed by atoms with Crippen molar-refractivity contribution in [3.63, 3.8) is 0 Å². The molecule has 5 unspecified atom stereocenters. The van der Waals surface area contributed by atoms with Crippen LogP contribution in [0.5, 0.6) is 0 Å². The molecule has 0 amide bonds. The maximum absolute atomic E-state index is 13.3. The summed E-state index contributed by atoms with van der Waals surface area (Å²) in [6.07, 6.45) is -3.94. The molecule has 1 aliphatic heterocycles. The molecule has 11 heteroatoms. The van der Waals surface area contributed by atoms with Crippen molar-refractivity contribution in [2.24, 2.45) is 27.1 Å². The molecule has 0 aromatic carbocycles. The largest absolute Gasteiger partial charge is 0.464 e. The smallest absolute Gasteiger partial charge is 0.312 e. The molecule has 1 rings (SSSR count). The summed E-state index contributed by atoms with van der Waals surface area (Å²) in [5, 5.41) is -0.845. The number of thioether (sulfide) groups is 1. The van der Waals surface area contributed by atoms with Gasteiger partial charge >= 0.3 is 29.8 Å². The molecule has 1 heterocycles. The van der Waals surface area contributed by atoms with E-state index in [0.717, 1.165) is 11.8 Å². The highest BCUT2D eigenvalue weighted by Gasteiger charge is 2.56. The molecule has 242 valence electrons. The van der Waals surface area contributed by atoms with Gasteiger partial charge in [-0.15, -0.1) is 11.8 Å². The molecule has 10 nitrogen and oxygen atoms in total. The number of carbonyl (C=O) groups excluding carboxylic acids is 5. The van der Waals surface area contributed by atoms with Gasteiger partial charge in [0.1, 0.15) is 6.61 Å². The zero-order valence-electron chi connectivity index (χ0n) is 28.1. The van der Waals surface area contributed by atoms with E-state index in [0.29, 0.717) is 0 Å². The molecule has 0 aromatic rings. The zero-order chi connectivity index (χ0) is 33.2. The number of hydrogen-bond acceptors (Lipinski definition) is 11. The minimum atomic E-state index is -1.38. The van der Waals surface area contributed by atoms with Crippen LogP contribution >= 0.6 is 11.8 Å². The van der Waals surface area contributed by atoms with Gasteiger partial charge in [-0.3, -0.25) is 24.0 Å². The van der Waals surface area contributed by atoms with Crippen LogP contribution in [0, 0.1) is 27.1 Å². The molecule has 1 saturated heterocycles. The average molecular weight is 617 g/mol. The van der Waals surface area contributed by atoms with Crippen molar-refractivity contribution in [3.8, 4) is 0 Å². The number of esters is 5. The van der Waals surface area contributed by atoms with Crippen molar-refractivity contribution in [2.75, 3.05) is 6.61 Å². The van der Waals surface area contributed by atoms with Crippen molar-refractivity contribution in [3.05, 3.63) is 0 Å². The molecule has 0 aromatic heterocycles. The van der Waals surface area contributed by atoms with Crippen molar-refractivity contribution in [2.45, 2.75) is 133 Å². The number of ether oxygens (including phenoxy) is 5. The van der Waals surface area contributed by atoms with Gasteiger partial charge in [0.15, 0.2) is 23.7 Å². The Kier molecular flexibility index (Phi) is 11.8. The van der Waals surface area contributed by atoms with Crippen LogP contribution in [0.4, 0.5) is 0 Å². The van der Waals surface area contributed by atoms with E-state index in [9.17, 15) is 24.0 Å². The van der Waals surface area contributed by atoms with Gasteiger partial charge in [-0.1, -0.05) is 0 Å². The minimum Gasteiger partial charge on any atom is -0.464 e. The lowest BCUT2D eigenvalue weighted by atomic mass is 9.94. The van der Waals surface area contributed by atoms with E-state index in [2.05, 4.69) is 0 Å². The first-order valence-corrected chi connectivity index (χ1v) is 15.2. The first kappa shape index (κ1) is 37.7. The summed E-state index contributed by atoms with van der Waals surface area (Å²) in [5.41, 5.74) is -5.79. The van der Waals surface area contributed by atoms with Crippen LogP contribution in [0.25, 0.3) is 0 Å². The Labute approximate surface area is 255 Å². The molecule has 0 radical (unpaired) electrons. The Bertz CT molecular complexity index is 1010. The molecule has 5 atom stereocenters. The second kappa shape index (κ2) is 13.1. The lowest BCUT2D eigenvalue weighted by molar-refractivity contribution is -0.208. The normalized spacial score (nSPS) is 23.8. The highest BCUT2D eigenvalue weighted by atomic mass is 32.2.